The zero-order chi connectivity index (χ0) is 21.8. The Morgan fingerprint density at radius 1 is 1.23 bits per heavy atom. The van der Waals surface area contributed by atoms with Crippen LogP contribution in [0.25, 0.3) is 0 Å². The third-order valence-electron chi connectivity index (χ3n) is 5.55. The maximum Gasteiger partial charge on any atom is 0.225 e. The summed E-state index contributed by atoms with van der Waals surface area (Å²) in [6.07, 6.45) is 1.34. The lowest BCUT2D eigenvalue weighted by atomic mass is 9.90. The highest BCUT2D eigenvalue weighted by Gasteiger charge is 2.32. The maximum absolute atomic E-state index is 12.0. The van der Waals surface area contributed by atoms with Crippen LogP contribution in [-0.4, -0.2) is 44.2 Å². The number of rotatable bonds is 6. The normalized spacial score (nSPS) is 19.0. The van der Waals surface area contributed by atoms with Crippen molar-refractivity contribution >= 4 is 17.6 Å². The number of ether oxygens (including phenoxy) is 2. The van der Waals surface area contributed by atoms with Gasteiger partial charge in [0.2, 0.25) is 5.91 Å². The van der Waals surface area contributed by atoms with Gasteiger partial charge in [0.15, 0.2) is 17.5 Å². The summed E-state index contributed by atoms with van der Waals surface area (Å²) >= 11 is 0. The first-order chi connectivity index (χ1) is 14.9. The Morgan fingerprint density at radius 3 is 2.90 bits per heavy atom. The van der Waals surface area contributed by atoms with Gasteiger partial charge in [0, 0.05) is 43.6 Å². The van der Waals surface area contributed by atoms with E-state index in [4.69, 9.17) is 9.47 Å². The smallest absolute Gasteiger partial charge is 0.225 e. The van der Waals surface area contributed by atoms with Gasteiger partial charge in [-0.1, -0.05) is 30.3 Å². The summed E-state index contributed by atoms with van der Waals surface area (Å²) in [7, 11) is 1.73. The number of fused-ring (bicyclic) bond motifs is 2. The van der Waals surface area contributed by atoms with E-state index in [-0.39, 0.29) is 17.4 Å². The zero-order valence-corrected chi connectivity index (χ0v) is 18.3. The second kappa shape index (κ2) is 8.88. The van der Waals surface area contributed by atoms with Crippen molar-refractivity contribution < 1.29 is 14.3 Å². The van der Waals surface area contributed by atoms with Crippen LogP contribution in [0.15, 0.2) is 47.5 Å². The molecule has 0 saturated carbocycles. The van der Waals surface area contributed by atoms with Gasteiger partial charge in [-0.2, -0.15) is 0 Å². The Labute approximate surface area is 183 Å². The minimum Gasteiger partial charge on any atom is -0.488 e. The summed E-state index contributed by atoms with van der Waals surface area (Å²) in [5, 5.41) is 9.53. The number of nitrogens with one attached hydrogen (secondary N) is 3. The van der Waals surface area contributed by atoms with Gasteiger partial charge < -0.3 is 25.4 Å². The third kappa shape index (κ3) is 4.93. The molecule has 2 aromatic rings. The largest absolute Gasteiger partial charge is 0.488 e. The number of para-hydroxylation sites is 2. The molecular weight excluding hydrogens is 392 g/mol. The maximum atomic E-state index is 12.0. The molecule has 1 atom stereocenters. The van der Waals surface area contributed by atoms with Crippen molar-refractivity contribution in [3.05, 3.63) is 53.6 Å². The van der Waals surface area contributed by atoms with E-state index in [1.807, 2.05) is 30.3 Å². The fourth-order valence-corrected chi connectivity index (χ4v) is 4.16. The third-order valence-corrected chi connectivity index (χ3v) is 5.55. The van der Waals surface area contributed by atoms with Crippen LogP contribution < -0.4 is 25.4 Å². The van der Waals surface area contributed by atoms with Crippen molar-refractivity contribution in [3.63, 3.8) is 0 Å². The van der Waals surface area contributed by atoms with Gasteiger partial charge in [0.05, 0.1) is 6.54 Å². The van der Waals surface area contributed by atoms with Gasteiger partial charge in [-0.15, -0.1) is 0 Å². The highest BCUT2D eigenvalue weighted by atomic mass is 16.5. The standard InChI is InChI=1S/C24H30N4O3/c1-24(2)14-16-7-6-10-20(22(16)31-24)30-12-11-26-23(25-3)27-15-17-13-21(29)28-19-9-5-4-8-18(17)19/h4-10,17H,11-15H2,1-3H3,(H,28,29)(H2,25,26,27). The molecule has 0 radical (unpaired) electrons. The Kier molecular flexibility index (Phi) is 6.02. The Balaban J connectivity index is 1.26. The molecule has 2 aliphatic rings. The van der Waals surface area contributed by atoms with E-state index in [1.165, 1.54) is 5.56 Å². The molecule has 7 nitrogen and oxygen atoms in total. The van der Waals surface area contributed by atoms with E-state index in [2.05, 4.69) is 46.9 Å². The summed E-state index contributed by atoms with van der Waals surface area (Å²) in [5.41, 5.74) is 3.03. The molecule has 4 rings (SSSR count). The quantitative estimate of drug-likeness (QED) is 0.379. The van der Waals surface area contributed by atoms with Crippen LogP contribution in [-0.2, 0) is 11.2 Å². The molecule has 0 spiro atoms. The number of benzene rings is 2. The summed E-state index contributed by atoms with van der Waals surface area (Å²) in [6, 6.07) is 14.0. The van der Waals surface area contributed by atoms with Crippen LogP contribution in [0.5, 0.6) is 11.5 Å². The molecule has 2 aromatic carbocycles. The van der Waals surface area contributed by atoms with E-state index in [9.17, 15) is 4.79 Å². The lowest BCUT2D eigenvalue weighted by Crippen LogP contribution is -2.42. The van der Waals surface area contributed by atoms with Gasteiger partial charge in [-0.25, -0.2) is 0 Å². The predicted octanol–water partition coefficient (Wildman–Crippen LogP) is 3.07. The van der Waals surface area contributed by atoms with Crippen LogP contribution >= 0.6 is 0 Å². The van der Waals surface area contributed by atoms with Crippen LogP contribution in [0.1, 0.15) is 37.3 Å². The molecule has 0 fully saturated rings. The van der Waals surface area contributed by atoms with Gasteiger partial charge in [-0.3, -0.25) is 9.79 Å². The van der Waals surface area contributed by atoms with Crippen molar-refractivity contribution in [2.45, 2.75) is 38.2 Å². The molecule has 1 amide bonds. The lowest BCUT2D eigenvalue weighted by Gasteiger charge is -2.26. The van der Waals surface area contributed by atoms with Crippen LogP contribution in [0.4, 0.5) is 5.69 Å². The van der Waals surface area contributed by atoms with E-state index < -0.39 is 0 Å². The summed E-state index contributed by atoms with van der Waals surface area (Å²) in [5.74, 6) is 2.46. The van der Waals surface area contributed by atoms with Crippen LogP contribution in [0.2, 0.25) is 0 Å². The van der Waals surface area contributed by atoms with Crippen molar-refractivity contribution in [1.29, 1.82) is 0 Å². The number of anilines is 1. The average molecular weight is 423 g/mol. The van der Waals surface area contributed by atoms with Gasteiger partial charge >= 0.3 is 0 Å². The monoisotopic (exact) mass is 422 g/mol. The van der Waals surface area contributed by atoms with E-state index in [0.29, 0.717) is 32.1 Å². The highest BCUT2D eigenvalue weighted by molar-refractivity contribution is 5.94. The molecule has 2 heterocycles. The van der Waals surface area contributed by atoms with E-state index in [0.717, 1.165) is 29.2 Å². The SMILES string of the molecule is CN=C(NCCOc1cccc2c1OC(C)(C)C2)NCC1CC(=O)Nc2ccccc21. The Morgan fingerprint density at radius 2 is 2.06 bits per heavy atom. The summed E-state index contributed by atoms with van der Waals surface area (Å²) in [6.45, 7) is 5.87. The number of amides is 1. The number of nitrogens with zero attached hydrogens (tertiary/aromatic N) is 1. The molecule has 1 unspecified atom stereocenters. The molecule has 0 bridgehead atoms. The summed E-state index contributed by atoms with van der Waals surface area (Å²) < 4.78 is 12.0. The molecule has 7 heteroatoms. The van der Waals surface area contributed by atoms with E-state index >= 15 is 0 Å². The fraction of sp³-hybridized carbons (Fsp3) is 0.417. The molecule has 3 N–H and O–H groups in total. The fourth-order valence-electron chi connectivity index (χ4n) is 4.16. The second-order valence-electron chi connectivity index (χ2n) is 8.55. The highest BCUT2D eigenvalue weighted by Crippen LogP contribution is 2.41. The first-order valence-electron chi connectivity index (χ1n) is 10.7. The lowest BCUT2D eigenvalue weighted by molar-refractivity contribution is -0.116. The molecular formula is C24H30N4O3. The molecule has 2 aliphatic heterocycles. The summed E-state index contributed by atoms with van der Waals surface area (Å²) in [4.78, 5) is 16.3. The predicted molar refractivity (Wildman–Crippen MR) is 122 cm³/mol. The van der Waals surface area contributed by atoms with Gasteiger partial charge in [0.1, 0.15) is 12.2 Å². The van der Waals surface area contributed by atoms with E-state index in [1.54, 1.807) is 7.05 Å². The topological polar surface area (TPSA) is 84.0 Å². The average Bonchev–Trinajstić information content (AvgIpc) is 3.07. The van der Waals surface area contributed by atoms with Crippen molar-refractivity contribution in [3.8, 4) is 11.5 Å². The van der Waals surface area contributed by atoms with Crippen molar-refractivity contribution in [1.82, 2.24) is 10.6 Å². The first kappa shape index (κ1) is 21.0. The number of aliphatic imine (C=N–C) groups is 1. The number of carbonyl (C=O) groups excluding carboxylic acids is 1. The molecule has 0 aliphatic carbocycles. The molecule has 164 valence electrons. The zero-order valence-electron chi connectivity index (χ0n) is 18.3. The number of carbonyl (C=O) groups is 1. The van der Waals surface area contributed by atoms with Gasteiger partial charge in [0.25, 0.3) is 0 Å². The number of guanidine groups is 1. The number of hydrogen-bond donors (Lipinski definition) is 3. The second-order valence-corrected chi connectivity index (χ2v) is 8.55. The minimum absolute atomic E-state index is 0.0441. The van der Waals surface area contributed by atoms with Gasteiger partial charge in [-0.05, 0) is 31.5 Å². The first-order valence-corrected chi connectivity index (χ1v) is 10.7. The van der Waals surface area contributed by atoms with Crippen LogP contribution in [0.3, 0.4) is 0 Å². The van der Waals surface area contributed by atoms with Crippen molar-refractivity contribution in [2.75, 3.05) is 32.1 Å². The molecule has 0 saturated heterocycles. The Hall–Kier alpha value is -3.22. The molecule has 0 aromatic heterocycles. The van der Waals surface area contributed by atoms with Crippen LogP contribution in [0, 0.1) is 0 Å². The Bertz CT molecular complexity index is 987. The van der Waals surface area contributed by atoms with Crippen molar-refractivity contribution in [2.24, 2.45) is 4.99 Å². The minimum atomic E-state index is -0.194. The molecule has 31 heavy (non-hydrogen) atoms. The number of hydrogen-bond acceptors (Lipinski definition) is 4.